The predicted octanol–water partition coefficient (Wildman–Crippen LogP) is 2.89. The second-order valence-electron chi connectivity index (χ2n) is 4.70. The summed E-state index contributed by atoms with van der Waals surface area (Å²) in [5, 5.41) is 0. The van der Waals surface area contributed by atoms with Gasteiger partial charge in [0.1, 0.15) is 0 Å². The molecule has 0 aliphatic heterocycles. The van der Waals surface area contributed by atoms with Crippen LogP contribution in [0.3, 0.4) is 0 Å². The van der Waals surface area contributed by atoms with E-state index in [1.807, 2.05) is 0 Å². The SMILES string of the molecule is [CH2][C@@H]1CC[C@H]2C[C@@H]1C2(C)C. The van der Waals surface area contributed by atoms with Gasteiger partial charge in [0.05, 0.1) is 0 Å². The van der Waals surface area contributed by atoms with Crippen LogP contribution >= 0.6 is 0 Å². The highest BCUT2D eigenvalue weighted by atomic mass is 14.6. The molecule has 0 nitrogen and oxygen atoms in total. The molecule has 0 aromatic carbocycles. The Morgan fingerprint density at radius 3 is 2.30 bits per heavy atom. The van der Waals surface area contributed by atoms with Gasteiger partial charge in [-0.2, -0.15) is 0 Å². The first kappa shape index (κ1) is 6.69. The second kappa shape index (κ2) is 1.78. The van der Waals surface area contributed by atoms with Gasteiger partial charge in [-0.05, 0) is 49.4 Å². The smallest absolute Gasteiger partial charge is 0.0295 e. The van der Waals surface area contributed by atoms with Crippen molar-refractivity contribution in [3.63, 3.8) is 0 Å². The third-order valence-corrected chi connectivity index (χ3v) is 4.00. The first-order valence-electron chi connectivity index (χ1n) is 4.45. The molecule has 3 aliphatic carbocycles. The maximum absolute atomic E-state index is 4.21. The molecule has 0 spiro atoms. The van der Waals surface area contributed by atoms with E-state index in [4.69, 9.17) is 0 Å². The van der Waals surface area contributed by atoms with Gasteiger partial charge >= 0.3 is 0 Å². The van der Waals surface area contributed by atoms with Gasteiger partial charge in [-0.15, -0.1) is 0 Å². The van der Waals surface area contributed by atoms with Crippen molar-refractivity contribution in [2.75, 3.05) is 0 Å². The van der Waals surface area contributed by atoms with Crippen LogP contribution in [0.25, 0.3) is 0 Å². The lowest BCUT2D eigenvalue weighted by Gasteiger charge is -2.59. The van der Waals surface area contributed by atoms with Crippen LogP contribution in [0, 0.1) is 30.1 Å². The molecule has 3 atom stereocenters. The summed E-state index contributed by atoms with van der Waals surface area (Å²) in [5.41, 5.74) is 0.644. The van der Waals surface area contributed by atoms with Gasteiger partial charge in [0, 0.05) is 0 Å². The van der Waals surface area contributed by atoms with Crippen LogP contribution < -0.4 is 0 Å². The molecule has 10 heavy (non-hydrogen) atoms. The second-order valence-corrected chi connectivity index (χ2v) is 4.70. The Balaban J connectivity index is 2.16. The van der Waals surface area contributed by atoms with Crippen LogP contribution in [-0.2, 0) is 0 Å². The Morgan fingerprint density at radius 2 is 2.00 bits per heavy atom. The van der Waals surface area contributed by atoms with E-state index in [2.05, 4.69) is 20.8 Å². The van der Waals surface area contributed by atoms with Crippen molar-refractivity contribution >= 4 is 0 Å². The van der Waals surface area contributed by atoms with Gasteiger partial charge in [0.25, 0.3) is 0 Å². The van der Waals surface area contributed by atoms with E-state index in [0.29, 0.717) is 5.41 Å². The number of rotatable bonds is 0. The average molecular weight is 137 g/mol. The zero-order chi connectivity index (χ0) is 7.35. The molecule has 0 aromatic rings. The molecule has 0 saturated heterocycles. The molecule has 57 valence electrons. The molecule has 0 amide bonds. The molecule has 3 saturated carbocycles. The molecule has 3 aliphatic rings. The summed E-state index contributed by atoms with van der Waals surface area (Å²) in [6.07, 6.45) is 4.30. The highest BCUT2D eigenvalue weighted by Gasteiger charge is 2.52. The molecule has 3 rings (SSSR count). The topological polar surface area (TPSA) is 0 Å². The third kappa shape index (κ3) is 0.627. The third-order valence-electron chi connectivity index (χ3n) is 4.00. The normalized spacial score (nSPS) is 50.1. The molecule has 0 N–H and O–H groups in total. The Hall–Kier alpha value is 0. The molecular weight excluding hydrogens is 120 g/mol. The van der Waals surface area contributed by atoms with E-state index < -0.39 is 0 Å². The summed E-state index contributed by atoms with van der Waals surface area (Å²) in [6.45, 7) is 9.05. The van der Waals surface area contributed by atoms with Crippen molar-refractivity contribution in [2.24, 2.45) is 23.2 Å². The fourth-order valence-corrected chi connectivity index (χ4v) is 2.96. The summed E-state index contributed by atoms with van der Waals surface area (Å²) in [4.78, 5) is 0. The van der Waals surface area contributed by atoms with Gasteiger partial charge in [-0.25, -0.2) is 0 Å². The minimum absolute atomic E-state index is 0.644. The summed E-state index contributed by atoms with van der Waals surface area (Å²) >= 11 is 0. The average Bonchev–Trinajstić information content (AvgIpc) is 1.87. The molecule has 0 heterocycles. The van der Waals surface area contributed by atoms with Crippen LogP contribution in [0.4, 0.5) is 0 Å². The van der Waals surface area contributed by atoms with Gasteiger partial charge in [0.15, 0.2) is 0 Å². The van der Waals surface area contributed by atoms with Crippen LogP contribution in [0.15, 0.2) is 0 Å². The largest absolute Gasteiger partial charge is 0.0594 e. The molecule has 0 aromatic heterocycles. The predicted molar refractivity (Wildman–Crippen MR) is 43.5 cm³/mol. The zero-order valence-corrected chi connectivity index (χ0v) is 7.06. The first-order chi connectivity index (χ1) is 4.62. The van der Waals surface area contributed by atoms with Crippen molar-refractivity contribution in [2.45, 2.75) is 33.1 Å². The number of fused-ring (bicyclic) bond motifs is 2. The lowest BCUT2D eigenvalue weighted by molar-refractivity contribution is -0.0912. The van der Waals surface area contributed by atoms with E-state index in [1.54, 1.807) is 0 Å². The highest BCUT2D eigenvalue weighted by molar-refractivity contribution is 5.03. The van der Waals surface area contributed by atoms with E-state index in [9.17, 15) is 0 Å². The molecule has 3 fully saturated rings. The van der Waals surface area contributed by atoms with Crippen molar-refractivity contribution < 1.29 is 0 Å². The van der Waals surface area contributed by atoms with E-state index in [-0.39, 0.29) is 0 Å². The van der Waals surface area contributed by atoms with Crippen molar-refractivity contribution in [3.05, 3.63) is 6.92 Å². The highest BCUT2D eigenvalue weighted by Crippen LogP contribution is 2.60. The summed E-state index contributed by atoms with van der Waals surface area (Å²) in [6, 6.07) is 0. The Morgan fingerprint density at radius 1 is 1.30 bits per heavy atom. The fraction of sp³-hybridized carbons (Fsp3) is 0.900. The zero-order valence-electron chi connectivity index (χ0n) is 7.06. The lowest BCUT2D eigenvalue weighted by atomic mass is 9.46. The van der Waals surface area contributed by atoms with Crippen LogP contribution in [0.2, 0.25) is 0 Å². The Bertz CT molecular complexity index is 144. The molecule has 0 unspecified atom stereocenters. The van der Waals surface area contributed by atoms with E-state index in [1.165, 1.54) is 19.3 Å². The maximum atomic E-state index is 4.21. The summed E-state index contributed by atoms with van der Waals surface area (Å²) in [5.74, 6) is 2.75. The van der Waals surface area contributed by atoms with Crippen molar-refractivity contribution in [1.82, 2.24) is 0 Å². The van der Waals surface area contributed by atoms with E-state index >= 15 is 0 Å². The van der Waals surface area contributed by atoms with Gasteiger partial charge < -0.3 is 0 Å². The van der Waals surface area contributed by atoms with Gasteiger partial charge in [-0.3, -0.25) is 0 Å². The minimum atomic E-state index is 0.644. The van der Waals surface area contributed by atoms with Gasteiger partial charge in [-0.1, -0.05) is 13.8 Å². The van der Waals surface area contributed by atoms with Crippen molar-refractivity contribution in [3.8, 4) is 0 Å². The van der Waals surface area contributed by atoms with Crippen LogP contribution in [0.5, 0.6) is 0 Å². The standard InChI is InChI=1S/C10H17/c1-7-4-5-8-6-9(7)10(8,2)3/h7-9H,1,4-6H2,2-3H3/t7-,8+,9+/m1/s1. The molecule has 0 heteroatoms. The minimum Gasteiger partial charge on any atom is -0.0594 e. The summed E-state index contributed by atoms with van der Waals surface area (Å²) < 4.78 is 0. The molecule has 1 radical (unpaired) electrons. The van der Waals surface area contributed by atoms with E-state index in [0.717, 1.165) is 17.8 Å². The number of hydrogen-bond acceptors (Lipinski definition) is 0. The van der Waals surface area contributed by atoms with Crippen molar-refractivity contribution in [1.29, 1.82) is 0 Å². The number of hydrogen-bond donors (Lipinski definition) is 0. The summed E-state index contributed by atoms with van der Waals surface area (Å²) in [7, 11) is 0. The molecule has 2 bridgehead atoms. The molecular formula is C10H17. The Labute approximate surface area is 64.0 Å². The Kier molecular flexibility index (Phi) is 1.19. The monoisotopic (exact) mass is 137 g/mol. The van der Waals surface area contributed by atoms with Gasteiger partial charge in [0.2, 0.25) is 0 Å². The van der Waals surface area contributed by atoms with Crippen LogP contribution in [-0.4, -0.2) is 0 Å². The quantitative estimate of drug-likeness (QED) is 0.481. The lowest BCUT2D eigenvalue weighted by Crippen LogP contribution is -2.51. The fourth-order valence-electron chi connectivity index (χ4n) is 2.96. The maximum Gasteiger partial charge on any atom is -0.0295 e. The first-order valence-corrected chi connectivity index (χ1v) is 4.45. The van der Waals surface area contributed by atoms with Crippen LogP contribution in [0.1, 0.15) is 33.1 Å².